The molecule has 2 atom stereocenters. The molecule has 2 N–H and O–H groups in total. The van der Waals surface area contributed by atoms with Crippen LogP contribution in [-0.4, -0.2) is 26.0 Å². The van der Waals surface area contributed by atoms with E-state index in [-0.39, 0.29) is 10.9 Å². The monoisotopic (exact) mass is 285 g/mol. The predicted molar refractivity (Wildman–Crippen MR) is 77.6 cm³/mol. The van der Waals surface area contributed by atoms with Crippen LogP contribution in [0.4, 0.5) is 5.82 Å². The van der Waals surface area contributed by atoms with Crippen LogP contribution in [0, 0.1) is 5.92 Å². The van der Waals surface area contributed by atoms with Crippen LogP contribution in [0.2, 0.25) is 0 Å². The zero-order chi connectivity index (χ0) is 14.5. The van der Waals surface area contributed by atoms with Crippen LogP contribution in [-0.2, 0) is 10.0 Å². The first-order valence-corrected chi connectivity index (χ1v) is 8.11. The van der Waals surface area contributed by atoms with Crippen molar-refractivity contribution in [3.63, 3.8) is 0 Å². The van der Waals surface area contributed by atoms with Crippen LogP contribution in [0.25, 0.3) is 0 Å². The standard InChI is InChI=1S/C13H23N3O2S/c1-5-10(3)11(4)16-19(17,18)12-7-8-15-13(9-12)14-6-2/h7-11,16H,5-6H2,1-4H3,(H,14,15). The first kappa shape index (κ1) is 15.9. The molecule has 1 heterocycles. The van der Waals surface area contributed by atoms with Gasteiger partial charge in [0, 0.05) is 24.8 Å². The Labute approximate surface area is 115 Å². The van der Waals surface area contributed by atoms with Crippen molar-refractivity contribution < 1.29 is 8.42 Å². The van der Waals surface area contributed by atoms with E-state index < -0.39 is 10.0 Å². The topological polar surface area (TPSA) is 71.1 Å². The van der Waals surface area contributed by atoms with E-state index in [0.717, 1.165) is 6.42 Å². The average Bonchev–Trinajstić information content (AvgIpc) is 2.38. The summed E-state index contributed by atoms with van der Waals surface area (Å²) in [5.74, 6) is 0.867. The molecule has 0 saturated carbocycles. The second-order valence-electron chi connectivity index (χ2n) is 4.70. The molecule has 0 bridgehead atoms. The molecule has 0 fully saturated rings. The van der Waals surface area contributed by atoms with Gasteiger partial charge in [-0.15, -0.1) is 0 Å². The molecule has 5 nitrogen and oxygen atoms in total. The van der Waals surface area contributed by atoms with Crippen LogP contribution in [0.15, 0.2) is 23.2 Å². The van der Waals surface area contributed by atoms with Crippen LogP contribution >= 0.6 is 0 Å². The minimum absolute atomic E-state index is 0.0919. The fraction of sp³-hybridized carbons (Fsp3) is 0.615. The van der Waals surface area contributed by atoms with Gasteiger partial charge in [-0.1, -0.05) is 20.3 Å². The van der Waals surface area contributed by atoms with E-state index in [1.165, 1.54) is 12.3 Å². The lowest BCUT2D eigenvalue weighted by Crippen LogP contribution is -2.36. The van der Waals surface area contributed by atoms with Crippen molar-refractivity contribution in [2.24, 2.45) is 5.92 Å². The minimum atomic E-state index is -3.49. The van der Waals surface area contributed by atoms with E-state index in [9.17, 15) is 8.42 Å². The Morgan fingerprint density at radius 1 is 1.32 bits per heavy atom. The Bertz CT molecular complexity index is 502. The summed E-state index contributed by atoms with van der Waals surface area (Å²) in [6.45, 7) is 8.60. The summed E-state index contributed by atoms with van der Waals surface area (Å²) in [7, 11) is -3.49. The largest absolute Gasteiger partial charge is 0.370 e. The van der Waals surface area contributed by atoms with Crippen molar-refractivity contribution in [1.82, 2.24) is 9.71 Å². The maximum absolute atomic E-state index is 12.3. The third kappa shape index (κ3) is 4.47. The zero-order valence-electron chi connectivity index (χ0n) is 12.0. The number of sulfonamides is 1. The van der Waals surface area contributed by atoms with Gasteiger partial charge in [-0.25, -0.2) is 18.1 Å². The molecule has 0 amide bonds. The minimum Gasteiger partial charge on any atom is -0.370 e. The van der Waals surface area contributed by atoms with Gasteiger partial charge in [0.25, 0.3) is 0 Å². The van der Waals surface area contributed by atoms with Gasteiger partial charge >= 0.3 is 0 Å². The molecule has 0 aliphatic rings. The molecule has 19 heavy (non-hydrogen) atoms. The van der Waals surface area contributed by atoms with E-state index in [1.807, 2.05) is 27.7 Å². The molecule has 6 heteroatoms. The molecule has 0 aliphatic carbocycles. The van der Waals surface area contributed by atoms with Crippen LogP contribution in [0.3, 0.4) is 0 Å². The smallest absolute Gasteiger partial charge is 0.241 e. The Kier molecular flexibility index (Phi) is 5.75. The van der Waals surface area contributed by atoms with Gasteiger partial charge in [0.05, 0.1) is 4.90 Å². The van der Waals surface area contributed by atoms with Crippen molar-refractivity contribution >= 4 is 15.8 Å². The molecule has 1 aromatic heterocycles. The van der Waals surface area contributed by atoms with E-state index in [4.69, 9.17) is 0 Å². The third-order valence-corrected chi connectivity index (χ3v) is 4.79. The lowest BCUT2D eigenvalue weighted by molar-refractivity contribution is 0.434. The number of rotatable bonds is 7. The molecule has 0 saturated heterocycles. The first-order valence-electron chi connectivity index (χ1n) is 6.63. The SMILES string of the molecule is CCNc1cc(S(=O)(=O)NC(C)C(C)CC)ccn1. The maximum atomic E-state index is 12.3. The van der Waals surface area contributed by atoms with Gasteiger partial charge in [-0.2, -0.15) is 0 Å². The highest BCUT2D eigenvalue weighted by atomic mass is 32.2. The summed E-state index contributed by atoms with van der Waals surface area (Å²) < 4.78 is 27.2. The normalized spacial score (nSPS) is 14.9. The summed E-state index contributed by atoms with van der Waals surface area (Å²) in [5, 5.41) is 3.00. The van der Waals surface area contributed by atoms with Crippen molar-refractivity contribution in [3.05, 3.63) is 18.3 Å². The fourth-order valence-electron chi connectivity index (χ4n) is 1.64. The highest BCUT2D eigenvalue weighted by Crippen LogP contribution is 2.15. The van der Waals surface area contributed by atoms with E-state index in [0.29, 0.717) is 18.3 Å². The van der Waals surface area contributed by atoms with E-state index >= 15 is 0 Å². The van der Waals surface area contributed by atoms with Crippen LogP contribution in [0.5, 0.6) is 0 Å². The first-order chi connectivity index (χ1) is 8.90. The summed E-state index contributed by atoms with van der Waals surface area (Å²) in [6, 6.07) is 2.97. The van der Waals surface area contributed by atoms with Gasteiger partial charge in [0.15, 0.2) is 0 Å². The highest BCUT2D eigenvalue weighted by molar-refractivity contribution is 7.89. The zero-order valence-corrected chi connectivity index (χ0v) is 12.8. The molecule has 1 rings (SSSR count). The fourth-order valence-corrected chi connectivity index (χ4v) is 3.00. The highest BCUT2D eigenvalue weighted by Gasteiger charge is 2.20. The molecular weight excluding hydrogens is 262 g/mol. The lowest BCUT2D eigenvalue weighted by Gasteiger charge is -2.19. The van der Waals surface area contributed by atoms with Crippen molar-refractivity contribution in [2.45, 2.75) is 45.1 Å². The number of nitrogens with zero attached hydrogens (tertiary/aromatic N) is 1. The molecule has 1 aromatic rings. The van der Waals surface area contributed by atoms with Crippen molar-refractivity contribution in [2.75, 3.05) is 11.9 Å². The van der Waals surface area contributed by atoms with E-state index in [2.05, 4.69) is 15.0 Å². The maximum Gasteiger partial charge on any atom is 0.241 e. The van der Waals surface area contributed by atoms with E-state index in [1.54, 1.807) is 6.07 Å². The summed E-state index contributed by atoms with van der Waals surface area (Å²) in [6.07, 6.45) is 2.43. The summed E-state index contributed by atoms with van der Waals surface area (Å²) in [4.78, 5) is 4.31. The Hall–Kier alpha value is -1.14. The van der Waals surface area contributed by atoms with Gasteiger partial charge in [-0.05, 0) is 25.8 Å². The second-order valence-corrected chi connectivity index (χ2v) is 6.42. The Balaban J connectivity index is 2.91. The quantitative estimate of drug-likeness (QED) is 0.806. The van der Waals surface area contributed by atoms with Crippen LogP contribution < -0.4 is 10.0 Å². The number of aromatic nitrogens is 1. The van der Waals surface area contributed by atoms with Gasteiger partial charge < -0.3 is 5.32 Å². The Morgan fingerprint density at radius 3 is 2.58 bits per heavy atom. The summed E-state index contributed by atoms with van der Waals surface area (Å²) in [5.41, 5.74) is 0. The molecule has 0 spiro atoms. The van der Waals surface area contributed by atoms with Gasteiger partial charge in [0.1, 0.15) is 5.82 Å². The van der Waals surface area contributed by atoms with Crippen LogP contribution in [0.1, 0.15) is 34.1 Å². The number of anilines is 1. The Morgan fingerprint density at radius 2 is 2.00 bits per heavy atom. The number of pyridine rings is 1. The van der Waals surface area contributed by atoms with Gasteiger partial charge in [0.2, 0.25) is 10.0 Å². The number of hydrogen-bond acceptors (Lipinski definition) is 4. The third-order valence-electron chi connectivity index (χ3n) is 3.24. The van der Waals surface area contributed by atoms with Crippen molar-refractivity contribution in [3.8, 4) is 0 Å². The van der Waals surface area contributed by atoms with Crippen molar-refractivity contribution in [1.29, 1.82) is 0 Å². The van der Waals surface area contributed by atoms with Gasteiger partial charge in [-0.3, -0.25) is 0 Å². The average molecular weight is 285 g/mol. The molecule has 0 aliphatic heterocycles. The number of nitrogens with one attached hydrogen (secondary N) is 2. The lowest BCUT2D eigenvalue weighted by atomic mass is 10.0. The molecule has 2 unspecified atom stereocenters. The predicted octanol–water partition coefficient (Wildman–Crippen LogP) is 2.23. The summed E-state index contributed by atoms with van der Waals surface area (Å²) >= 11 is 0. The number of hydrogen-bond donors (Lipinski definition) is 2. The molecular formula is C13H23N3O2S. The molecule has 0 radical (unpaired) electrons. The molecule has 108 valence electrons. The molecule has 0 aromatic carbocycles. The second kappa shape index (κ2) is 6.86.